The highest BCUT2D eigenvalue weighted by Crippen LogP contribution is 2.21. The number of nitrogens with one attached hydrogen (secondary N) is 1. The second-order valence-electron chi connectivity index (χ2n) is 4.65. The zero-order valence-corrected chi connectivity index (χ0v) is 12.1. The summed E-state index contributed by atoms with van der Waals surface area (Å²) in [6.45, 7) is 8.25. The van der Waals surface area contributed by atoms with Gasteiger partial charge in [-0.1, -0.05) is 13.3 Å². The van der Waals surface area contributed by atoms with Crippen LogP contribution in [0.2, 0.25) is 0 Å². The molecule has 1 aromatic rings. The van der Waals surface area contributed by atoms with Gasteiger partial charge < -0.3 is 20.5 Å². The van der Waals surface area contributed by atoms with E-state index in [1.165, 1.54) is 0 Å². The number of ether oxygens (including phenoxy) is 2. The summed E-state index contributed by atoms with van der Waals surface area (Å²) in [5.41, 5.74) is 6.36. The number of aromatic nitrogens is 1. The summed E-state index contributed by atoms with van der Waals surface area (Å²) < 4.78 is 11.0. The molecule has 0 unspecified atom stereocenters. The van der Waals surface area contributed by atoms with E-state index in [2.05, 4.69) is 17.2 Å². The van der Waals surface area contributed by atoms with Gasteiger partial charge in [0.25, 0.3) is 0 Å². The summed E-state index contributed by atoms with van der Waals surface area (Å²) in [5, 5.41) is 3.19. The Morgan fingerprint density at radius 3 is 2.79 bits per heavy atom. The summed E-state index contributed by atoms with van der Waals surface area (Å²) in [7, 11) is 0. The molecule has 0 aliphatic rings. The summed E-state index contributed by atoms with van der Waals surface area (Å²) in [6, 6.07) is 3.64. The third-order valence-electron chi connectivity index (χ3n) is 2.43. The lowest BCUT2D eigenvalue weighted by molar-refractivity contribution is 0.141. The Bertz CT molecular complexity index is 370. The first-order chi connectivity index (χ1) is 9.13. The first kappa shape index (κ1) is 15.6. The van der Waals surface area contributed by atoms with Crippen molar-refractivity contribution in [3.05, 3.63) is 12.1 Å². The fourth-order valence-corrected chi connectivity index (χ4v) is 1.47. The average Bonchev–Trinajstić information content (AvgIpc) is 2.37. The maximum absolute atomic E-state index is 5.81. The highest BCUT2D eigenvalue weighted by atomic mass is 16.5. The van der Waals surface area contributed by atoms with Gasteiger partial charge in [-0.3, -0.25) is 0 Å². The SMILES string of the molecule is CCCCOCCNc1ccc(N)c(OC(C)C)n1. The van der Waals surface area contributed by atoms with Crippen LogP contribution in [0.15, 0.2) is 12.1 Å². The Labute approximate surface area is 115 Å². The lowest BCUT2D eigenvalue weighted by Crippen LogP contribution is -2.13. The van der Waals surface area contributed by atoms with Crippen molar-refractivity contribution in [2.45, 2.75) is 39.7 Å². The van der Waals surface area contributed by atoms with E-state index in [1.807, 2.05) is 19.9 Å². The molecule has 1 aromatic heterocycles. The van der Waals surface area contributed by atoms with E-state index in [0.717, 1.165) is 31.8 Å². The van der Waals surface area contributed by atoms with Gasteiger partial charge >= 0.3 is 0 Å². The monoisotopic (exact) mass is 267 g/mol. The van der Waals surface area contributed by atoms with Crippen LogP contribution in [-0.4, -0.2) is 30.8 Å². The largest absolute Gasteiger partial charge is 0.473 e. The molecular weight excluding hydrogens is 242 g/mol. The lowest BCUT2D eigenvalue weighted by atomic mass is 10.4. The fourth-order valence-electron chi connectivity index (χ4n) is 1.47. The molecule has 19 heavy (non-hydrogen) atoms. The van der Waals surface area contributed by atoms with Crippen LogP contribution in [0.4, 0.5) is 11.5 Å². The Morgan fingerprint density at radius 2 is 2.11 bits per heavy atom. The van der Waals surface area contributed by atoms with Crippen LogP contribution in [0.25, 0.3) is 0 Å². The minimum atomic E-state index is 0.0578. The quantitative estimate of drug-likeness (QED) is 0.673. The lowest BCUT2D eigenvalue weighted by Gasteiger charge is -2.13. The van der Waals surface area contributed by atoms with E-state index in [4.69, 9.17) is 15.2 Å². The van der Waals surface area contributed by atoms with Gasteiger partial charge in [-0.05, 0) is 32.4 Å². The summed E-state index contributed by atoms with van der Waals surface area (Å²) in [5.74, 6) is 1.23. The maximum atomic E-state index is 5.81. The first-order valence-corrected chi connectivity index (χ1v) is 6.88. The van der Waals surface area contributed by atoms with Crippen molar-refractivity contribution in [1.29, 1.82) is 0 Å². The Balaban J connectivity index is 2.37. The van der Waals surface area contributed by atoms with Gasteiger partial charge in [-0.15, -0.1) is 0 Å². The molecule has 0 atom stereocenters. The fraction of sp³-hybridized carbons (Fsp3) is 0.643. The molecule has 5 nitrogen and oxygen atoms in total. The van der Waals surface area contributed by atoms with E-state index in [9.17, 15) is 0 Å². The molecule has 5 heteroatoms. The third-order valence-corrected chi connectivity index (χ3v) is 2.43. The Kier molecular flexibility index (Phi) is 7.03. The number of hydrogen-bond donors (Lipinski definition) is 2. The van der Waals surface area contributed by atoms with Gasteiger partial charge in [-0.25, -0.2) is 0 Å². The molecule has 0 aliphatic carbocycles. The molecule has 0 amide bonds. The molecule has 0 aromatic carbocycles. The Morgan fingerprint density at radius 1 is 1.32 bits per heavy atom. The Hall–Kier alpha value is -1.49. The van der Waals surface area contributed by atoms with Crippen LogP contribution in [0.5, 0.6) is 5.88 Å². The number of pyridine rings is 1. The van der Waals surface area contributed by atoms with Crippen molar-refractivity contribution in [3.63, 3.8) is 0 Å². The molecule has 0 saturated heterocycles. The van der Waals surface area contributed by atoms with E-state index in [1.54, 1.807) is 6.07 Å². The smallest absolute Gasteiger partial charge is 0.239 e. The molecule has 1 heterocycles. The number of nitrogens with two attached hydrogens (primary N) is 1. The van der Waals surface area contributed by atoms with Crippen LogP contribution in [-0.2, 0) is 4.74 Å². The average molecular weight is 267 g/mol. The normalized spacial score (nSPS) is 10.7. The zero-order valence-electron chi connectivity index (χ0n) is 12.1. The minimum Gasteiger partial charge on any atom is -0.473 e. The topological polar surface area (TPSA) is 69.4 Å². The van der Waals surface area contributed by atoms with Crippen molar-refractivity contribution >= 4 is 11.5 Å². The van der Waals surface area contributed by atoms with Crippen LogP contribution >= 0.6 is 0 Å². The highest BCUT2D eigenvalue weighted by Gasteiger charge is 2.06. The van der Waals surface area contributed by atoms with Gasteiger partial charge in [0.15, 0.2) is 0 Å². The summed E-state index contributed by atoms with van der Waals surface area (Å²) in [6.07, 6.45) is 2.32. The summed E-state index contributed by atoms with van der Waals surface area (Å²) >= 11 is 0. The molecule has 0 fully saturated rings. The van der Waals surface area contributed by atoms with E-state index in [0.29, 0.717) is 18.2 Å². The molecule has 0 saturated carbocycles. The van der Waals surface area contributed by atoms with Crippen molar-refractivity contribution in [3.8, 4) is 5.88 Å². The number of rotatable bonds is 9. The van der Waals surface area contributed by atoms with Crippen molar-refractivity contribution < 1.29 is 9.47 Å². The minimum absolute atomic E-state index is 0.0578. The number of nitrogen functional groups attached to an aromatic ring is 1. The predicted octanol–water partition coefficient (Wildman–Crippen LogP) is 2.68. The molecule has 0 bridgehead atoms. The molecule has 0 aliphatic heterocycles. The van der Waals surface area contributed by atoms with E-state index < -0.39 is 0 Å². The molecule has 0 radical (unpaired) electrons. The van der Waals surface area contributed by atoms with E-state index >= 15 is 0 Å². The van der Waals surface area contributed by atoms with Crippen LogP contribution in [0, 0.1) is 0 Å². The van der Waals surface area contributed by atoms with Gasteiger partial charge in [0, 0.05) is 13.2 Å². The second-order valence-corrected chi connectivity index (χ2v) is 4.65. The first-order valence-electron chi connectivity index (χ1n) is 6.88. The van der Waals surface area contributed by atoms with Gasteiger partial charge in [-0.2, -0.15) is 4.98 Å². The number of hydrogen-bond acceptors (Lipinski definition) is 5. The number of unbranched alkanes of at least 4 members (excludes halogenated alkanes) is 1. The maximum Gasteiger partial charge on any atom is 0.239 e. The third kappa shape index (κ3) is 6.29. The van der Waals surface area contributed by atoms with Crippen LogP contribution in [0.3, 0.4) is 0 Å². The predicted molar refractivity (Wildman–Crippen MR) is 78.6 cm³/mol. The van der Waals surface area contributed by atoms with Crippen molar-refractivity contribution in [2.24, 2.45) is 0 Å². The highest BCUT2D eigenvalue weighted by molar-refractivity contribution is 5.53. The van der Waals surface area contributed by atoms with Gasteiger partial charge in [0.1, 0.15) is 5.82 Å². The standard InChI is InChI=1S/C14H25N3O2/c1-4-5-9-18-10-8-16-13-7-6-12(15)14(17-13)19-11(2)3/h6-7,11H,4-5,8-10,15H2,1-3H3,(H,16,17). The number of anilines is 2. The van der Waals surface area contributed by atoms with Crippen molar-refractivity contribution in [2.75, 3.05) is 30.8 Å². The zero-order chi connectivity index (χ0) is 14.1. The molecule has 1 rings (SSSR count). The van der Waals surface area contributed by atoms with Crippen LogP contribution < -0.4 is 15.8 Å². The molecule has 108 valence electrons. The van der Waals surface area contributed by atoms with E-state index in [-0.39, 0.29) is 6.10 Å². The van der Waals surface area contributed by atoms with Gasteiger partial charge in [0.05, 0.1) is 18.4 Å². The summed E-state index contributed by atoms with van der Waals surface area (Å²) in [4.78, 5) is 4.33. The molecule has 3 N–H and O–H groups in total. The van der Waals surface area contributed by atoms with Crippen LogP contribution in [0.1, 0.15) is 33.6 Å². The molecular formula is C14H25N3O2. The van der Waals surface area contributed by atoms with Gasteiger partial charge in [0.2, 0.25) is 5.88 Å². The second kappa shape index (κ2) is 8.58. The number of nitrogens with zero attached hydrogens (tertiary/aromatic N) is 1. The molecule has 0 spiro atoms. The van der Waals surface area contributed by atoms with Crippen molar-refractivity contribution in [1.82, 2.24) is 4.98 Å².